The summed E-state index contributed by atoms with van der Waals surface area (Å²) in [4.78, 5) is 51.5. The Morgan fingerprint density at radius 1 is 1.02 bits per heavy atom. The Balaban J connectivity index is 1.55. The molecule has 2 aromatic rings. The molecule has 4 N–H and O–H groups in total. The zero-order chi connectivity index (χ0) is 34.0. The topological polar surface area (TPSA) is 169 Å². The summed E-state index contributed by atoms with van der Waals surface area (Å²) in [5.74, 6) is -12.2. The van der Waals surface area contributed by atoms with Crippen LogP contribution in [0.3, 0.4) is 0 Å². The van der Waals surface area contributed by atoms with E-state index < -0.39 is 95.0 Å². The molecule has 11 nitrogen and oxygen atoms in total. The molecule has 1 fully saturated rings. The summed E-state index contributed by atoms with van der Waals surface area (Å²) in [5.41, 5.74) is -1.89. The Bertz CT molecular complexity index is 1700. The maximum absolute atomic E-state index is 13.7. The molecule has 1 saturated heterocycles. The quantitative estimate of drug-likeness (QED) is 0.228. The number of carbonyl (C=O) groups is 4. The number of aromatic hydroxyl groups is 2. The third-order valence-corrected chi connectivity index (χ3v) is 8.17. The van der Waals surface area contributed by atoms with E-state index in [1.54, 1.807) is 0 Å². The Morgan fingerprint density at radius 2 is 1.67 bits per heavy atom. The molecule has 3 aliphatic rings. The van der Waals surface area contributed by atoms with Gasteiger partial charge in [-0.15, -0.1) is 0 Å². The Labute approximate surface area is 256 Å². The van der Waals surface area contributed by atoms with Crippen LogP contribution in [0.1, 0.15) is 75.8 Å². The van der Waals surface area contributed by atoms with Crippen LogP contribution in [0.25, 0.3) is 6.08 Å². The highest BCUT2D eigenvalue weighted by Gasteiger charge is 2.64. The second-order valence-electron chi connectivity index (χ2n) is 11.0. The largest absolute Gasteiger partial charge is 0.507 e. The predicted octanol–water partition coefficient (Wildman–Crippen LogP) is 3.49. The number of aliphatic hydroxyl groups excluding tert-OH is 1. The van der Waals surface area contributed by atoms with Crippen LogP contribution in [0.15, 0.2) is 23.8 Å². The molecule has 1 aliphatic heterocycles. The highest BCUT2D eigenvalue weighted by atomic mass is 19.4. The minimum atomic E-state index is -6.21. The number of hydrogen-bond donors (Lipinski definition) is 4. The summed E-state index contributed by atoms with van der Waals surface area (Å²) < 4.78 is 82.3. The van der Waals surface area contributed by atoms with Gasteiger partial charge in [-0.1, -0.05) is 12.1 Å². The summed E-state index contributed by atoms with van der Waals surface area (Å²) in [6, 6.07) is 2.46. The standard InChI is InChI=1S/C30H26F5NO10/c1-10(37)12-7-14-20(27(42)22-21(25(14)40)24(39)13-5-4-6-16(44-3)19(13)26(22)41)17(8-12)46-18-9-15(23(38)11(2)45-18)36-28(43)29(31,32)30(33,34)35/h4-7,11,15,17-18,23,38,40,42H,8-9H2,1-3H3,(H,36,43)/t11?,15?,17-,18?,23?/m0/s1. The smallest absolute Gasteiger partial charge is 0.463 e. The van der Waals surface area contributed by atoms with Crippen molar-refractivity contribution >= 4 is 29.3 Å². The lowest BCUT2D eigenvalue weighted by molar-refractivity contribution is -0.272. The van der Waals surface area contributed by atoms with Gasteiger partial charge in [0.2, 0.25) is 5.78 Å². The molecule has 5 atom stereocenters. The monoisotopic (exact) mass is 655 g/mol. The van der Waals surface area contributed by atoms with Crippen LogP contribution in [0, 0.1) is 0 Å². The van der Waals surface area contributed by atoms with Gasteiger partial charge in [-0.3, -0.25) is 19.2 Å². The molecular weight excluding hydrogens is 629 g/mol. The molecule has 0 spiro atoms. The van der Waals surface area contributed by atoms with Crippen LogP contribution >= 0.6 is 0 Å². The fraction of sp³-hybridized carbons (Fsp3) is 0.400. The number of carbonyl (C=O) groups excluding carboxylic acids is 4. The number of hydrogen-bond acceptors (Lipinski definition) is 10. The number of phenols is 2. The van der Waals surface area contributed by atoms with Crippen molar-refractivity contribution in [2.45, 2.75) is 69.4 Å². The number of rotatable bonds is 6. The molecule has 0 saturated carbocycles. The van der Waals surface area contributed by atoms with Crippen LogP contribution in [0.2, 0.25) is 0 Å². The van der Waals surface area contributed by atoms with Gasteiger partial charge in [0, 0.05) is 29.5 Å². The first-order chi connectivity index (χ1) is 21.4. The number of Topliss-reactive ketones (excluding diaryl/α,β-unsaturated/α-hetero) is 1. The van der Waals surface area contributed by atoms with Crippen molar-refractivity contribution in [1.82, 2.24) is 5.32 Å². The Hall–Kier alpha value is -4.41. The number of amides is 1. The van der Waals surface area contributed by atoms with Crippen molar-refractivity contribution in [2.24, 2.45) is 0 Å². The third kappa shape index (κ3) is 5.19. The SMILES string of the molecule is COc1cccc2c1C(=O)c1c(O)c3c(c(O)c1C2=O)C=C(C(C)=O)C[C@@H]3OC1CC(NC(=O)C(F)(F)C(F)(F)F)C(O)C(C)O1. The summed E-state index contributed by atoms with van der Waals surface area (Å²) >= 11 is 0. The summed E-state index contributed by atoms with van der Waals surface area (Å²) in [7, 11) is 1.26. The zero-order valence-electron chi connectivity index (χ0n) is 24.2. The van der Waals surface area contributed by atoms with E-state index in [9.17, 15) is 56.4 Å². The van der Waals surface area contributed by atoms with Gasteiger partial charge in [-0.2, -0.15) is 22.0 Å². The number of fused-ring (bicyclic) bond motifs is 3. The molecule has 1 heterocycles. The van der Waals surface area contributed by atoms with Gasteiger partial charge >= 0.3 is 18.0 Å². The van der Waals surface area contributed by atoms with Crippen LogP contribution in [-0.2, 0) is 19.1 Å². The van der Waals surface area contributed by atoms with E-state index in [2.05, 4.69) is 0 Å². The normalized spacial score (nSPS) is 24.4. The maximum atomic E-state index is 13.7. The van der Waals surface area contributed by atoms with Gasteiger partial charge < -0.3 is 34.8 Å². The minimum Gasteiger partial charge on any atom is -0.507 e. The summed E-state index contributed by atoms with van der Waals surface area (Å²) in [6.07, 6.45) is -12.0. The van der Waals surface area contributed by atoms with E-state index in [-0.39, 0.29) is 40.0 Å². The molecular formula is C30H26F5NO10. The van der Waals surface area contributed by atoms with E-state index >= 15 is 0 Å². The van der Waals surface area contributed by atoms with Gasteiger partial charge in [0.05, 0.1) is 42.0 Å². The Kier molecular flexibility index (Phi) is 8.20. The average Bonchev–Trinajstić information content (AvgIpc) is 2.98. The molecule has 0 aromatic heterocycles. The van der Waals surface area contributed by atoms with Crippen LogP contribution < -0.4 is 10.1 Å². The number of halogens is 5. The van der Waals surface area contributed by atoms with Gasteiger partial charge in [-0.25, -0.2) is 0 Å². The van der Waals surface area contributed by atoms with E-state index in [4.69, 9.17) is 14.2 Å². The zero-order valence-corrected chi connectivity index (χ0v) is 24.2. The van der Waals surface area contributed by atoms with Crippen molar-refractivity contribution in [2.75, 3.05) is 7.11 Å². The van der Waals surface area contributed by atoms with E-state index in [0.717, 1.165) is 0 Å². The van der Waals surface area contributed by atoms with Gasteiger partial charge in [0.25, 0.3) is 0 Å². The molecule has 2 aromatic carbocycles. The first-order valence-corrected chi connectivity index (χ1v) is 13.7. The predicted molar refractivity (Wildman–Crippen MR) is 145 cm³/mol. The summed E-state index contributed by atoms with van der Waals surface area (Å²) in [5, 5.41) is 34.7. The second-order valence-corrected chi connectivity index (χ2v) is 11.0. The van der Waals surface area contributed by atoms with Crippen molar-refractivity contribution < 1.29 is 70.7 Å². The Morgan fingerprint density at radius 3 is 2.28 bits per heavy atom. The second kappa shape index (κ2) is 11.4. The number of aliphatic hydroxyl groups is 1. The van der Waals surface area contributed by atoms with Gasteiger partial charge in [0.15, 0.2) is 17.9 Å². The molecule has 2 aliphatic carbocycles. The third-order valence-electron chi connectivity index (χ3n) is 8.17. The van der Waals surface area contributed by atoms with Crippen molar-refractivity contribution in [3.63, 3.8) is 0 Å². The van der Waals surface area contributed by atoms with Gasteiger partial charge in [0.1, 0.15) is 23.4 Å². The number of methoxy groups -OCH3 is 1. The molecule has 46 heavy (non-hydrogen) atoms. The van der Waals surface area contributed by atoms with Crippen LogP contribution in [-0.4, -0.2) is 82.3 Å². The average molecular weight is 656 g/mol. The van der Waals surface area contributed by atoms with Crippen molar-refractivity contribution in [3.05, 3.63) is 57.2 Å². The van der Waals surface area contributed by atoms with Crippen molar-refractivity contribution in [3.8, 4) is 17.2 Å². The molecule has 1 amide bonds. The molecule has 5 rings (SSSR count). The fourth-order valence-electron chi connectivity index (χ4n) is 5.81. The number of nitrogens with one attached hydrogen (secondary N) is 1. The first kappa shape index (κ1) is 33.0. The highest BCUT2D eigenvalue weighted by molar-refractivity contribution is 6.31. The lowest BCUT2D eigenvalue weighted by Crippen LogP contribution is -2.60. The number of ketones is 3. The lowest BCUT2D eigenvalue weighted by atomic mass is 9.77. The van der Waals surface area contributed by atoms with E-state index in [1.807, 2.05) is 0 Å². The maximum Gasteiger partial charge on any atom is 0.463 e. The van der Waals surface area contributed by atoms with Crippen LogP contribution in [0.4, 0.5) is 22.0 Å². The number of ether oxygens (including phenoxy) is 3. The van der Waals surface area contributed by atoms with E-state index in [1.165, 1.54) is 50.5 Å². The number of benzene rings is 2. The first-order valence-electron chi connectivity index (χ1n) is 13.7. The minimum absolute atomic E-state index is 0.0111. The molecule has 246 valence electrons. The molecule has 4 unspecified atom stereocenters. The molecule has 0 bridgehead atoms. The lowest BCUT2D eigenvalue weighted by Gasteiger charge is -2.40. The fourth-order valence-corrected chi connectivity index (χ4v) is 5.81. The molecule has 0 radical (unpaired) electrons. The number of alkyl halides is 5. The number of phenolic OH excluding ortho intramolecular Hbond substituents is 2. The van der Waals surface area contributed by atoms with Crippen molar-refractivity contribution in [1.29, 1.82) is 0 Å². The van der Waals surface area contributed by atoms with Crippen LogP contribution in [0.5, 0.6) is 17.2 Å². The van der Waals surface area contributed by atoms with Gasteiger partial charge in [-0.05, 0) is 31.6 Å². The summed E-state index contributed by atoms with van der Waals surface area (Å²) in [6.45, 7) is 2.41. The van der Waals surface area contributed by atoms with E-state index in [0.29, 0.717) is 0 Å². The highest BCUT2D eigenvalue weighted by Crippen LogP contribution is 2.51. The molecule has 16 heteroatoms.